The summed E-state index contributed by atoms with van der Waals surface area (Å²) in [6, 6.07) is 2.01. The Bertz CT molecular complexity index is 825. The first-order valence-electron chi connectivity index (χ1n) is 9.67. The first-order chi connectivity index (χ1) is 13.1. The summed E-state index contributed by atoms with van der Waals surface area (Å²) in [6.07, 6.45) is 4.95. The van der Waals surface area contributed by atoms with Gasteiger partial charge in [0.25, 0.3) is 5.91 Å². The van der Waals surface area contributed by atoms with Crippen LogP contribution in [0.3, 0.4) is 0 Å². The van der Waals surface area contributed by atoms with Crippen molar-refractivity contribution in [2.24, 2.45) is 5.92 Å². The summed E-state index contributed by atoms with van der Waals surface area (Å²) < 4.78 is 0. The lowest BCUT2D eigenvalue weighted by molar-refractivity contribution is -0.122. The van der Waals surface area contributed by atoms with Crippen molar-refractivity contribution in [3.63, 3.8) is 0 Å². The Balaban J connectivity index is 1.33. The van der Waals surface area contributed by atoms with Crippen molar-refractivity contribution >= 4 is 34.5 Å². The van der Waals surface area contributed by atoms with Gasteiger partial charge in [-0.3, -0.25) is 9.59 Å². The molecular formula is C20H25N3O2S2. The Labute approximate surface area is 167 Å². The van der Waals surface area contributed by atoms with E-state index in [1.54, 1.807) is 11.3 Å². The van der Waals surface area contributed by atoms with E-state index in [2.05, 4.69) is 10.7 Å². The largest absolute Gasteiger partial charge is 0.355 e. The third kappa shape index (κ3) is 4.41. The predicted molar refractivity (Wildman–Crippen MR) is 108 cm³/mol. The third-order valence-electron chi connectivity index (χ3n) is 5.31. The molecule has 4 rings (SSSR count). The molecule has 1 aliphatic carbocycles. The second kappa shape index (κ2) is 8.10. The van der Waals surface area contributed by atoms with Crippen molar-refractivity contribution in [2.45, 2.75) is 44.9 Å². The van der Waals surface area contributed by atoms with Gasteiger partial charge in [0.2, 0.25) is 5.91 Å². The van der Waals surface area contributed by atoms with Gasteiger partial charge in [0.05, 0.1) is 15.6 Å². The topological polar surface area (TPSA) is 62.3 Å². The van der Waals surface area contributed by atoms with Crippen LogP contribution in [0.5, 0.6) is 0 Å². The standard InChI is InChI=1S/C20H25N3O2S2/c1-13-7-10-26-17(13)20(25)23-9-2-3-15(11-23)19-22-16(12-27-19)6-8-21-18(24)14-4-5-14/h7,10,12,14-15H,2-6,8-9,11H2,1H3,(H,21,24)/t15-/m0/s1. The number of nitrogens with zero attached hydrogens (tertiary/aromatic N) is 2. The average molecular weight is 404 g/mol. The molecule has 1 atom stereocenters. The van der Waals surface area contributed by atoms with Crippen LogP contribution >= 0.6 is 22.7 Å². The number of carbonyl (C=O) groups is 2. The van der Waals surface area contributed by atoms with E-state index in [0.29, 0.717) is 12.5 Å². The van der Waals surface area contributed by atoms with Crippen LogP contribution in [0.4, 0.5) is 0 Å². The van der Waals surface area contributed by atoms with Crippen LogP contribution in [0.15, 0.2) is 16.8 Å². The van der Waals surface area contributed by atoms with Crippen molar-refractivity contribution in [1.82, 2.24) is 15.2 Å². The van der Waals surface area contributed by atoms with Gasteiger partial charge in [0, 0.05) is 43.3 Å². The van der Waals surface area contributed by atoms with E-state index in [4.69, 9.17) is 4.98 Å². The molecule has 0 aromatic carbocycles. The Kier molecular flexibility index (Phi) is 5.59. The molecule has 1 saturated heterocycles. The second-order valence-corrected chi connectivity index (χ2v) is 9.32. The third-order valence-corrected chi connectivity index (χ3v) is 7.37. The predicted octanol–water partition coefficient (Wildman–Crippen LogP) is 3.60. The van der Waals surface area contributed by atoms with Gasteiger partial charge in [-0.1, -0.05) is 0 Å². The number of amides is 2. The van der Waals surface area contributed by atoms with Crippen molar-refractivity contribution in [3.05, 3.63) is 38.0 Å². The molecule has 3 heterocycles. The zero-order valence-electron chi connectivity index (χ0n) is 15.6. The molecule has 0 spiro atoms. The minimum atomic E-state index is 0.159. The molecule has 0 bridgehead atoms. The summed E-state index contributed by atoms with van der Waals surface area (Å²) in [4.78, 5) is 32.2. The number of thiazole rings is 1. The monoisotopic (exact) mass is 403 g/mol. The lowest BCUT2D eigenvalue weighted by Gasteiger charge is -2.31. The first-order valence-corrected chi connectivity index (χ1v) is 11.4. The minimum Gasteiger partial charge on any atom is -0.355 e. The molecule has 1 aliphatic heterocycles. The highest BCUT2D eigenvalue weighted by atomic mass is 32.1. The number of piperidine rings is 1. The maximum absolute atomic E-state index is 12.8. The number of aryl methyl sites for hydroxylation is 1. The van der Waals surface area contributed by atoms with Gasteiger partial charge in [-0.05, 0) is 49.6 Å². The van der Waals surface area contributed by atoms with E-state index in [1.165, 1.54) is 11.3 Å². The van der Waals surface area contributed by atoms with Gasteiger partial charge < -0.3 is 10.2 Å². The number of nitrogens with one attached hydrogen (secondary N) is 1. The summed E-state index contributed by atoms with van der Waals surface area (Å²) in [5.41, 5.74) is 2.11. The minimum absolute atomic E-state index is 0.159. The highest BCUT2D eigenvalue weighted by molar-refractivity contribution is 7.12. The summed E-state index contributed by atoms with van der Waals surface area (Å²) in [7, 11) is 0. The molecule has 7 heteroatoms. The fourth-order valence-corrected chi connectivity index (χ4v) is 5.40. The van der Waals surface area contributed by atoms with E-state index < -0.39 is 0 Å². The number of rotatable bonds is 6. The Morgan fingerprint density at radius 1 is 1.30 bits per heavy atom. The molecular weight excluding hydrogens is 378 g/mol. The molecule has 1 saturated carbocycles. The van der Waals surface area contributed by atoms with E-state index in [1.807, 2.05) is 23.3 Å². The number of aromatic nitrogens is 1. The van der Waals surface area contributed by atoms with Gasteiger partial charge in [0.15, 0.2) is 0 Å². The van der Waals surface area contributed by atoms with Crippen molar-refractivity contribution < 1.29 is 9.59 Å². The maximum Gasteiger partial charge on any atom is 0.264 e. The quantitative estimate of drug-likeness (QED) is 0.802. The highest BCUT2D eigenvalue weighted by Crippen LogP contribution is 2.31. The number of hydrogen-bond acceptors (Lipinski definition) is 5. The molecule has 2 aromatic rings. The van der Waals surface area contributed by atoms with Gasteiger partial charge in [-0.15, -0.1) is 22.7 Å². The maximum atomic E-state index is 12.8. The van der Waals surface area contributed by atoms with Gasteiger partial charge in [-0.2, -0.15) is 0 Å². The summed E-state index contributed by atoms with van der Waals surface area (Å²) in [6.45, 7) is 4.24. The molecule has 2 aromatic heterocycles. The van der Waals surface area contributed by atoms with Gasteiger partial charge in [0.1, 0.15) is 0 Å². The van der Waals surface area contributed by atoms with E-state index in [-0.39, 0.29) is 17.7 Å². The molecule has 1 N–H and O–H groups in total. The molecule has 2 fully saturated rings. The van der Waals surface area contributed by atoms with E-state index in [0.717, 1.165) is 66.3 Å². The summed E-state index contributed by atoms with van der Waals surface area (Å²) in [5.74, 6) is 0.930. The van der Waals surface area contributed by atoms with Gasteiger partial charge in [-0.25, -0.2) is 4.98 Å². The number of hydrogen-bond donors (Lipinski definition) is 1. The first kappa shape index (κ1) is 18.6. The van der Waals surface area contributed by atoms with E-state index in [9.17, 15) is 9.59 Å². The van der Waals surface area contributed by atoms with Crippen molar-refractivity contribution in [3.8, 4) is 0 Å². The van der Waals surface area contributed by atoms with Crippen LogP contribution in [0.25, 0.3) is 0 Å². The van der Waals surface area contributed by atoms with E-state index >= 15 is 0 Å². The van der Waals surface area contributed by atoms with Crippen molar-refractivity contribution in [2.75, 3.05) is 19.6 Å². The molecule has 144 valence electrons. The lowest BCUT2D eigenvalue weighted by atomic mass is 9.98. The summed E-state index contributed by atoms with van der Waals surface area (Å²) >= 11 is 3.22. The molecule has 0 radical (unpaired) electrons. The fraction of sp³-hybridized carbons (Fsp3) is 0.550. The SMILES string of the molecule is Cc1ccsc1C(=O)N1CCC[C@H](c2nc(CCNC(=O)C3CC3)cs2)C1. The normalized spacial score (nSPS) is 19.9. The second-order valence-electron chi connectivity index (χ2n) is 7.52. The Morgan fingerprint density at radius 3 is 2.89 bits per heavy atom. The Hall–Kier alpha value is -1.73. The molecule has 2 amide bonds. The van der Waals surface area contributed by atoms with Crippen LogP contribution in [0.2, 0.25) is 0 Å². The zero-order valence-corrected chi connectivity index (χ0v) is 17.2. The molecule has 27 heavy (non-hydrogen) atoms. The fourth-order valence-electron chi connectivity index (χ4n) is 3.53. The summed E-state index contributed by atoms with van der Waals surface area (Å²) in [5, 5.41) is 8.21. The van der Waals surface area contributed by atoms with Gasteiger partial charge >= 0.3 is 0 Å². The van der Waals surface area contributed by atoms with Crippen LogP contribution < -0.4 is 5.32 Å². The molecule has 0 unspecified atom stereocenters. The highest BCUT2D eigenvalue weighted by Gasteiger charge is 2.30. The molecule has 5 nitrogen and oxygen atoms in total. The van der Waals surface area contributed by atoms with Crippen molar-refractivity contribution in [1.29, 1.82) is 0 Å². The van der Waals surface area contributed by atoms with Crippen LogP contribution in [0, 0.1) is 12.8 Å². The number of carbonyl (C=O) groups excluding carboxylic acids is 2. The number of thiophene rings is 1. The smallest absolute Gasteiger partial charge is 0.264 e. The average Bonchev–Trinajstić information content (AvgIpc) is 3.28. The van der Waals surface area contributed by atoms with Crippen LogP contribution in [-0.4, -0.2) is 41.3 Å². The van der Waals surface area contributed by atoms with Crippen LogP contribution in [-0.2, 0) is 11.2 Å². The van der Waals surface area contributed by atoms with Crippen LogP contribution in [0.1, 0.15) is 57.5 Å². The Morgan fingerprint density at radius 2 is 2.15 bits per heavy atom. The zero-order chi connectivity index (χ0) is 18.8. The lowest BCUT2D eigenvalue weighted by Crippen LogP contribution is -2.39. The number of likely N-dealkylation sites (tertiary alicyclic amines) is 1. The molecule has 2 aliphatic rings.